The Morgan fingerprint density at radius 1 is 1.22 bits per heavy atom. The number of hydrogen-bond donors (Lipinski definition) is 2. The molecule has 4 heteroatoms. The van der Waals surface area contributed by atoms with E-state index in [1.54, 1.807) is 0 Å². The van der Waals surface area contributed by atoms with Gasteiger partial charge in [0.2, 0.25) is 0 Å². The minimum absolute atomic E-state index is 0.225. The Hall–Kier alpha value is -0.420. The van der Waals surface area contributed by atoms with Crippen LogP contribution in [0.1, 0.15) is 18.4 Å². The molecule has 100 valence electrons. The van der Waals surface area contributed by atoms with E-state index >= 15 is 0 Å². The fraction of sp³-hybridized carbons (Fsp3) is 0.571. The summed E-state index contributed by atoms with van der Waals surface area (Å²) < 4.78 is 1.14. The van der Waals surface area contributed by atoms with Crippen molar-refractivity contribution in [2.45, 2.75) is 25.4 Å². The van der Waals surface area contributed by atoms with E-state index in [1.165, 1.54) is 5.56 Å². The molecule has 18 heavy (non-hydrogen) atoms. The second-order valence-corrected chi connectivity index (χ2v) is 5.79. The molecule has 0 saturated carbocycles. The van der Waals surface area contributed by atoms with Gasteiger partial charge in [0, 0.05) is 30.7 Å². The van der Waals surface area contributed by atoms with Crippen LogP contribution >= 0.6 is 15.9 Å². The molecule has 0 aliphatic carbocycles. The smallest absolute Gasteiger partial charge is 0.0572 e. The lowest BCUT2D eigenvalue weighted by atomic mass is 10.1. The standard InChI is InChI=1S/C14H22BrN3/c15-13-6-4-12(5-7-13)2-1-3-14(16)18-10-8-17-9-11-18/h4-7,14,17H,1-3,8-11,16H2. The molecule has 1 aromatic carbocycles. The molecule has 0 bridgehead atoms. The first-order valence-electron chi connectivity index (χ1n) is 6.70. The van der Waals surface area contributed by atoms with E-state index in [-0.39, 0.29) is 6.17 Å². The SMILES string of the molecule is NC(CCCc1ccc(Br)cc1)N1CCNCC1. The summed E-state index contributed by atoms with van der Waals surface area (Å²) in [5.74, 6) is 0. The normalized spacial score (nSPS) is 18.8. The number of piperazine rings is 1. The van der Waals surface area contributed by atoms with Gasteiger partial charge in [-0.25, -0.2) is 0 Å². The van der Waals surface area contributed by atoms with E-state index in [0.29, 0.717) is 0 Å². The molecule has 1 aliphatic rings. The molecule has 1 heterocycles. The van der Waals surface area contributed by atoms with E-state index in [4.69, 9.17) is 5.73 Å². The van der Waals surface area contributed by atoms with E-state index in [1.807, 2.05) is 0 Å². The van der Waals surface area contributed by atoms with Gasteiger partial charge in [-0.15, -0.1) is 0 Å². The maximum absolute atomic E-state index is 6.23. The first-order chi connectivity index (χ1) is 8.75. The lowest BCUT2D eigenvalue weighted by Gasteiger charge is -2.32. The van der Waals surface area contributed by atoms with Gasteiger partial charge in [-0.2, -0.15) is 0 Å². The fourth-order valence-electron chi connectivity index (χ4n) is 2.36. The number of rotatable bonds is 5. The van der Waals surface area contributed by atoms with Crippen LogP contribution in [-0.4, -0.2) is 37.2 Å². The van der Waals surface area contributed by atoms with Gasteiger partial charge in [-0.1, -0.05) is 28.1 Å². The molecule has 3 nitrogen and oxygen atoms in total. The molecule has 0 radical (unpaired) electrons. The van der Waals surface area contributed by atoms with Crippen LogP contribution in [0.25, 0.3) is 0 Å². The minimum Gasteiger partial charge on any atom is -0.316 e. The summed E-state index contributed by atoms with van der Waals surface area (Å²) in [5.41, 5.74) is 7.62. The van der Waals surface area contributed by atoms with Crippen molar-refractivity contribution in [2.24, 2.45) is 5.73 Å². The molecule has 0 amide bonds. The number of benzene rings is 1. The number of nitrogens with zero attached hydrogens (tertiary/aromatic N) is 1. The molecule has 0 aromatic heterocycles. The molecular formula is C14H22BrN3. The average Bonchev–Trinajstić information content (AvgIpc) is 2.42. The van der Waals surface area contributed by atoms with Crippen molar-refractivity contribution >= 4 is 15.9 Å². The molecule has 2 rings (SSSR count). The van der Waals surface area contributed by atoms with E-state index < -0.39 is 0 Å². The zero-order chi connectivity index (χ0) is 12.8. The van der Waals surface area contributed by atoms with Crippen LogP contribution in [0.5, 0.6) is 0 Å². The molecule has 1 unspecified atom stereocenters. The summed E-state index contributed by atoms with van der Waals surface area (Å²) in [5, 5.41) is 3.36. The van der Waals surface area contributed by atoms with Gasteiger partial charge in [-0.3, -0.25) is 4.90 Å². The Bertz CT molecular complexity index is 347. The molecule has 0 spiro atoms. The Labute approximate surface area is 118 Å². The maximum atomic E-state index is 6.23. The highest BCUT2D eigenvalue weighted by Gasteiger charge is 2.15. The predicted molar refractivity (Wildman–Crippen MR) is 79.5 cm³/mol. The fourth-order valence-corrected chi connectivity index (χ4v) is 2.63. The highest BCUT2D eigenvalue weighted by Crippen LogP contribution is 2.13. The third-order valence-corrected chi connectivity index (χ3v) is 4.03. The van der Waals surface area contributed by atoms with Crippen LogP contribution < -0.4 is 11.1 Å². The Kier molecular flexibility index (Phi) is 5.63. The Morgan fingerprint density at radius 3 is 2.56 bits per heavy atom. The van der Waals surface area contributed by atoms with Crippen molar-refractivity contribution < 1.29 is 0 Å². The van der Waals surface area contributed by atoms with Crippen LogP contribution in [-0.2, 0) is 6.42 Å². The van der Waals surface area contributed by atoms with Gasteiger partial charge >= 0.3 is 0 Å². The third kappa shape index (κ3) is 4.35. The van der Waals surface area contributed by atoms with Crippen molar-refractivity contribution in [1.29, 1.82) is 0 Å². The second-order valence-electron chi connectivity index (χ2n) is 4.87. The third-order valence-electron chi connectivity index (χ3n) is 3.50. The lowest BCUT2D eigenvalue weighted by Crippen LogP contribution is -2.51. The summed E-state index contributed by atoms with van der Waals surface area (Å²) in [6, 6.07) is 8.57. The molecule has 1 fully saturated rings. The summed E-state index contributed by atoms with van der Waals surface area (Å²) in [6.45, 7) is 4.31. The van der Waals surface area contributed by atoms with Gasteiger partial charge in [-0.05, 0) is 37.0 Å². The molecule has 1 saturated heterocycles. The van der Waals surface area contributed by atoms with Crippen LogP contribution in [0, 0.1) is 0 Å². The first kappa shape index (κ1) is 14.0. The number of nitrogens with two attached hydrogens (primary N) is 1. The van der Waals surface area contributed by atoms with Gasteiger partial charge in [0.1, 0.15) is 0 Å². The number of aryl methyl sites for hydroxylation is 1. The maximum Gasteiger partial charge on any atom is 0.0572 e. The van der Waals surface area contributed by atoms with Crippen molar-refractivity contribution in [2.75, 3.05) is 26.2 Å². The minimum atomic E-state index is 0.225. The first-order valence-corrected chi connectivity index (χ1v) is 7.50. The summed E-state index contributed by atoms with van der Waals surface area (Å²) >= 11 is 3.46. The molecule has 1 aliphatic heterocycles. The zero-order valence-corrected chi connectivity index (χ0v) is 12.3. The topological polar surface area (TPSA) is 41.3 Å². The van der Waals surface area contributed by atoms with Crippen LogP contribution in [0.3, 0.4) is 0 Å². The van der Waals surface area contributed by atoms with E-state index in [2.05, 4.69) is 50.4 Å². The van der Waals surface area contributed by atoms with Gasteiger partial charge in [0.05, 0.1) is 6.17 Å². The van der Waals surface area contributed by atoms with Crippen molar-refractivity contribution in [3.63, 3.8) is 0 Å². The lowest BCUT2D eigenvalue weighted by molar-refractivity contribution is 0.166. The van der Waals surface area contributed by atoms with Crippen molar-refractivity contribution in [3.05, 3.63) is 34.3 Å². The summed E-state index contributed by atoms with van der Waals surface area (Å²) in [6.07, 6.45) is 3.58. The van der Waals surface area contributed by atoms with E-state index in [0.717, 1.165) is 49.9 Å². The summed E-state index contributed by atoms with van der Waals surface area (Å²) in [4.78, 5) is 2.39. The Morgan fingerprint density at radius 2 is 1.89 bits per heavy atom. The van der Waals surface area contributed by atoms with Gasteiger partial charge in [0.15, 0.2) is 0 Å². The van der Waals surface area contributed by atoms with Crippen LogP contribution in [0.2, 0.25) is 0 Å². The number of nitrogens with one attached hydrogen (secondary N) is 1. The molecule has 1 aromatic rings. The summed E-state index contributed by atoms with van der Waals surface area (Å²) in [7, 11) is 0. The average molecular weight is 312 g/mol. The van der Waals surface area contributed by atoms with Crippen molar-refractivity contribution in [3.8, 4) is 0 Å². The highest BCUT2D eigenvalue weighted by atomic mass is 79.9. The van der Waals surface area contributed by atoms with Gasteiger partial charge in [0.25, 0.3) is 0 Å². The van der Waals surface area contributed by atoms with Crippen LogP contribution in [0.4, 0.5) is 0 Å². The Balaban J connectivity index is 1.69. The number of hydrogen-bond acceptors (Lipinski definition) is 3. The van der Waals surface area contributed by atoms with Crippen molar-refractivity contribution in [1.82, 2.24) is 10.2 Å². The predicted octanol–water partition coefficient (Wildman–Crippen LogP) is 1.96. The monoisotopic (exact) mass is 311 g/mol. The van der Waals surface area contributed by atoms with Gasteiger partial charge < -0.3 is 11.1 Å². The highest BCUT2D eigenvalue weighted by molar-refractivity contribution is 9.10. The largest absolute Gasteiger partial charge is 0.316 e. The second kappa shape index (κ2) is 7.24. The van der Waals surface area contributed by atoms with E-state index in [9.17, 15) is 0 Å². The van der Waals surface area contributed by atoms with Crippen LogP contribution in [0.15, 0.2) is 28.7 Å². The zero-order valence-electron chi connectivity index (χ0n) is 10.7. The quantitative estimate of drug-likeness (QED) is 0.873. The number of halogens is 1. The molecule has 1 atom stereocenters. The molecular weight excluding hydrogens is 290 g/mol. The molecule has 3 N–H and O–H groups in total.